The Hall–Kier alpha value is -0.320. The molecule has 0 spiro atoms. The summed E-state index contributed by atoms with van der Waals surface area (Å²) in [4.78, 5) is 11.1. The van der Waals surface area contributed by atoms with Crippen LogP contribution in [0.15, 0.2) is 0 Å². The molecule has 0 aliphatic rings. The number of hydrogen-bond donors (Lipinski definition) is 1. The number of alkyl carbamates (subject to hydrolysis) is 1. The second kappa shape index (κ2) is 11.5. The van der Waals surface area contributed by atoms with E-state index in [0.717, 1.165) is 18.2 Å². The Morgan fingerprint density at radius 1 is 1.05 bits per heavy atom. The second-order valence-corrected chi connectivity index (χ2v) is 5.99. The Labute approximate surface area is 124 Å². The summed E-state index contributed by atoms with van der Waals surface area (Å²) in [6, 6.07) is 0. The van der Waals surface area contributed by atoms with Gasteiger partial charge >= 0.3 is 6.09 Å². The maximum atomic E-state index is 13.0. The highest BCUT2D eigenvalue weighted by atomic mass is 79.9. The fourth-order valence-electron chi connectivity index (χ4n) is 1.73. The molecule has 19 heavy (non-hydrogen) atoms. The first-order chi connectivity index (χ1) is 8.95. The van der Waals surface area contributed by atoms with Crippen LogP contribution in [0.25, 0.3) is 0 Å². The summed E-state index contributed by atoms with van der Waals surface area (Å²) in [5, 5.41) is 3.65. The average Bonchev–Trinajstić information content (AvgIpc) is 2.29. The first-order valence-corrected chi connectivity index (χ1v) is 8.29. The summed E-state index contributed by atoms with van der Waals surface area (Å²) < 4.78 is 17.5. The molecule has 0 aromatic heterocycles. The van der Waals surface area contributed by atoms with Crippen LogP contribution in [0, 0.1) is 0 Å². The Morgan fingerprint density at radius 2 is 1.53 bits per heavy atom. The minimum absolute atomic E-state index is 0.554. The number of nitrogens with one attached hydrogen (secondary N) is 1. The lowest BCUT2D eigenvalue weighted by Gasteiger charge is -2.15. The lowest BCUT2D eigenvalue weighted by Crippen LogP contribution is -2.32. The van der Waals surface area contributed by atoms with Crippen molar-refractivity contribution in [3.05, 3.63) is 0 Å². The molecule has 0 radical (unpaired) electrons. The fourth-order valence-corrected chi connectivity index (χ4v) is 2.12. The summed E-state index contributed by atoms with van der Waals surface area (Å²) in [5.74, 6) is -1.90. The van der Waals surface area contributed by atoms with Crippen LogP contribution >= 0.6 is 15.9 Å². The van der Waals surface area contributed by atoms with Crippen molar-refractivity contribution in [2.45, 2.75) is 71.1 Å². The first-order valence-electron chi connectivity index (χ1n) is 7.17. The van der Waals surface area contributed by atoms with E-state index < -0.39 is 11.9 Å². The van der Waals surface area contributed by atoms with Crippen molar-refractivity contribution in [2.24, 2.45) is 0 Å². The Morgan fingerprint density at radius 3 is 2.00 bits per heavy atom. The van der Waals surface area contributed by atoms with E-state index in [4.69, 9.17) is 0 Å². The molecule has 114 valence electrons. The number of rotatable bonds is 11. The SMILES string of the molecule is CC(C)(F)OC(=O)NCCCCCCCCCCBr. The van der Waals surface area contributed by atoms with Crippen molar-refractivity contribution in [1.29, 1.82) is 0 Å². The van der Waals surface area contributed by atoms with Gasteiger partial charge in [-0.05, 0) is 12.8 Å². The van der Waals surface area contributed by atoms with Crippen LogP contribution in [0.1, 0.15) is 65.2 Å². The number of amides is 1. The number of alkyl halides is 2. The molecule has 0 rings (SSSR count). The van der Waals surface area contributed by atoms with Crippen LogP contribution in [0.3, 0.4) is 0 Å². The first kappa shape index (κ1) is 18.7. The molecule has 0 unspecified atom stereocenters. The third-order valence-corrected chi connectivity index (χ3v) is 3.23. The molecule has 0 fully saturated rings. The van der Waals surface area contributed by atoms with Gasteiger partial charge in [0.25, 0.3) is 0 Å². The maximum absolute atomic E-state index is 13.0. The zero-order valence-corrected chi connectivity index (χ0v) is 13.7. The van der Waals surface area contributed by atoms with Crippen molar-refractivity contribution in [1.82, 2.24) is 5.32 Å². The van der Waals surface area contributed by atoms with Gasteiger partial charge in [-0.1, -0.05) is 54.5 Å². The predicted molar refractivity (Wildman–Crippen MR) is 80.4 cm³/mol. The van der Waals surface area contributed by atoms with E-state index in [0.29, 0.717) is 6.54 Å². The van der Waals surface area contributed by atoms with Gasteiger partial charge in [0, 0.05) is 25.7 Å². The zero-order valence-electron chi connectivity index (χ0n) is 12.1. The molecular weight excluding hydrogens is 313 g/mol. The Kier molecular flexibility index (Phi) is 11.3. The normalized spacial score (nSPS) is 11.4. The number of carbonyl (C=O) groups is 1. The van der Waals surface area contributed by atoms with E-state index in [9.17, 15) is 9.18 Å². The van der Waals surface area contributed by atoms with Gasteiger partial charge in [0.05, 0.1) is 0 Å². The largest absolute Gasteiger partial charge is 0.413 e. The zero-order chi connectivity index (χ0) is 14.6. The van der Waals surface area contributed by atoms with Gasteiger partial charge in [-0.2, -0.15) is 4.39 Å². The minimum Gasteiger partial charge on any atom is -0.413 e. The summed E-state index contributed by atoms with van der Waals surface area (Å²) in [7, 11) is 0. The lowest BCUT2D eigenvalue weighted by molar-refractivity contribution is -0.0634. The molecule has 0 aromatic rings. The molecule has 0 aromatic carbocycles. The monoisotopic (exact) mass is 339 g/mol. The fraction of sp³-hybridized carbons (Fsp3) is 0.929. The highest BCUT2D eigenvalue weighted by Gasteiger charge is 2.20. The molecule has 0 atom stereocenters. The molecule has 0 saturated carbocycles. The third-order valence-electron chi connectivity index (χ3n) is 2.67. The number of carbonyl (C=O) groups excluding carboxylic acids is 1. The predicted octanol–water partition coefficient (Wildman–Crippen LogP) is 4.93. The highest BCUT2D eigenvalue weighted by molar-refractivity contribution is 9.09. The van der Waals surface area contributed by atoms with Crippen molar-refractivity contribution in [2.75, 3.05) is 11.9 Å². The topological polar surface area (TPSA) is 38.3 Å². The summed E-state index contributed by atoms with van der Waals surface area (Å²) >= 11 is 3.42. The number of halogens is 2. The Balaban J connectivity index is 3.21. The molecule has 0 bridgehead atoms. The van der Waals surface area contributed by atoms with Crippen molar-refractivity contribution >= 4 is 22.0 Å². The van der Waals surface area contributed by atoms with Crippen molar-refractivity contribution < 1.29 is 13.9 Å². The van der Waals surface area contributed by atoms with Gasteiger partial charge < -0.3 is 10.1 Å². The summed E-state index contributed by atoms with van der Waals surface area (Å²) in [6.07, 6.45) is 8.95. The quantitative estimate of drug-likeness (QED) is 0.428. The van der Waals surface area contributed by atoms with Crippen LogP contribution in [-0.4, -0.2) is 23.8 Å². The van der Waals surface area contributed by atoms with Crippen LogP contribution < -0.4 is 5.32 Å². The van der Waals surface area contributed by atoms with E-state index >= 15 is 0 Å². The van der Waals surface area contributed by atoms with Gasteiger partial charge in [-0.3, -0.25) is 0 Å². The number of ether oxygens (including phenoxy) is 1. The maximum Gasteiger partial charge on any atom is 0.409 e. The van der Waals surface area contributed by atoms with Gasteiger partial charge in [0.1, 0.15) is 0 Å². The molecule has 0 saturated heterocycles. The minimum atomic E-state index is -1.90. The summed E-state index contributed by atoms with van der Waals surface area (Å²) in [6.45, 7) is 2.98. The van der Waals surface area contributed by atoms with Gasteiger partial charge in [0.15, 0.2) is 0 Å². The van der Waals surface area contributed by atoms with Gasteiger partial charge in [-0.15, -0.1) is 0 Å². The number of unbranched alkanes of at least 4 members (excludes halogenated alkanes) is 7. The van der Waals surface area contributed by atoms with Crippen LogP contribution in [0.5, 0.6) is 0 Å². The van der Waals surface area contributed by atoms with Crippen LogP contribution in [-0.2, 0) is 4.74 Å². The lowest BCUT2D eigenvalue weighted by atomic mass is 10.1. The standard InChI is InChI=1S/C14H27BrFNO2/c1-14(2,16)19-13(18)17-12-10-8-6-4-3-5-7-9-11-15/h3-12H2,1-2H3,(H,17,18). The molecular formula is C14H27BrFNO2. The Bertz CT molecular complexity index is 232. The average molecular weight is 340 g/mol. The van der Waals surface area contributed by atoms with E-state index in [1.165, 1.54) is 52.4 Å². The van der Waals surface area contributed by atoms with E-state index in [1.807, 2.05) is 0 Å². The molecule has 3 nitrogen and oxygen atoms in total. The van der Waals surface area contributed by atoms with Gasteiger partial charge in [-0.25, -0.2) is 4.79 Å². The summed E-state index contributed by atoms with van der Waals surface area (Å²) in [5.41, 5.74) is 0. The highest BCUT2D eigenvalue weighted by Crippen LogP contribution is 2.10. The van der Waals surface area contributed by atoms with E-state index in [-0.39, 0.29) is 0 Å². The smallest absolute Gasteiger partial charge is 0.409 e. The molecule has 0 aliphatic heterocycles. The molecule has 1 amide bonds. The molecule has 1 N–H and O–H groups in total. The second-order valence-electron chi connectivity index (χ2n) is 5.20. The number of hydrogen-bond acceptors (Lipinski definition) is 2. The van der Waals surface area contributed by atoms with Crippen molar-refractivity contribution in [3.8, 4) is 0 Å². The van der Waals surface area contributed by atoms with Crippen LogP contribution in [0.4, 0.5) is 9.18 Å². The van der Waals surface area contributed by atoms with E-state index in [1.54, 1.807) is 0 Å². The van der Waals surface area contributed by atoms with E-state index in [2.05, 4.69) is 26.0 Å². The molecule has 5 heteroatoms. The molecule has 0 aliphatic carbocycles. The van der Waals surface area contributed by atoms with Crippen molar-refractivity contribution in [3.63, 3.8) is 0 Å². The van der Waals surface area contributed by atoms with Crippen LogP contribution in [0.2, 0.25) is 0 Å². The third kappa shape index (κ3) is 15.6. The van der Waals surface area contributed by atoms with Gasteiger partial charge in [0.2, 0.25) is 5.85 Å². The molecule has 0 heterocycles.